The Balaban J connectivity index is 1.42. The van der Waals surface area contributed by atoms with E-state index in [1.807, 2.05) is 152 Å². The molecule has 0 bridgehead atoms. The van der Waals surface area contributed by atoms with Crippen molar-refractivity contribution < 1.29 is 33.4 Å². The SMILES string of the molecule is O=C(OS(c1ccccc1)(c1ccc(O)cc1)c1ccc(O)cc1)c1cc(Oc2ccccc2)c(Oc2ccccc2)c(Oc2ccccc2)c1-c1ccccc1. The summed E-state index contributed by atoms with van der Waals surface area (Å²) in [6.07, 6.45) is 0. The van der Waals surface area contributed by atoms with Crippen molar-refractivity contribution in [3.8, 4) is 57.1 Å². The zero-order valence-corrected chi connectivity index (χ0v) is 31.3. The van der Waals surface area contributed by atoms with Gasteiger partial charge >= 0.3 is 5.97 Å². The van der Waals surface area contributed by atoms with Crippen LogP contribution in [-0.2, 0) is 4.18 Å². The number of ether oxygens (including phenoxy) is 3. The largest absolute Gasteiger partial charge is 0.508 e. The van der Waals surface area contributed by atoms with Crippen molar-refractivity contribution in [3.63, 3.8) is 0 Å². The summed E-state index contributed by atoms with van der Waals surface area (Å²) in [6, 6.07) is 61.6. The molecule has 280 valence electrons. The summed E-state index contributed by atoms with van der Waals surface area (Å²) in [5, 5.41) is 20.8. The summed E-state index contributed by atoms with van der Waals surface area (Å²) in [7, 11) is -2.90. The molecule has 8 aromatic carbocycles. The zero-order chi connectivity index (χ0) is 39.0. The van der Waals surface area contributed by atoms with E-state index >= 15 is 4.79 Å². The first-order valence-electron chi connectivity index (χ1n) is 18.1. The molecule has 0 saturated heterocycles. The van der Waals surface area contributed by atoms with Crippen LogP contribution in [0.2, 0.25) is 0 Å². The first kappa shape index (κ1) is 36.6. The third-order valence-corrected chi connectivity index (χ3v) is 12.2. The van der Waals surface area contributed by atoms with Crippen molar-refractivity contribution in [2.24, 2.45) is 0 Å². The van der Waals surface area contributed by atoms with Crippen molar-refractivity contribution >= 4 is 16.3 Å². The van der Waals surface area contributed by atoms with Gasteiger partial charge in [0.15, 0.2) is 11.5 Å². The van der Waals surface area contributed by atoms with Gasteiger partial charge in [0, 0.05) is 26.3 Å². The Labute approximate surface area is 332 Å². The molecule has 0 amide bonds. The second-order valence-electron chi connectivity index (χ2n) is 12.8. The van der Waals surface area contributed by atoms with Gasteiger partial charge in [-0.2, -0.15) is 0 Å². The fourth-order valence-electron chi connectivity index (χ4n) is 6.37. The van der Waals surface area contributed by atoms with E-state index in [0.29, 0.717) is 43.1 Å². The highest BCUT2D eigenvalue weighted by atomic mass is 32.3. The highest BCUT2D eigenvalue weighted by Gasteiger charge is 2.38. The Morgan fingerprint density at radius 1 is 0.421 bits per heavy atom. The lowest BCUT2D eigenvalue weighted by Gasteiger charge is -2.40. The minimum Gasteiger partial charge on any atom is -0.508 e. The second kappa shape index (κ2) is 16.5. The van der Waals surface area contributed by atoms with Gasteiger partial charge in [0.25, 0.3) is 0 Å². The number of rotatable bonds is 12. The summed E-state index contributed by atoms with van der Waals surface area (Å²) >= 11 is 0. The van der Waals surface area contributed by atoms with E-state index in [0.717, 1.165) is 0 Å². The zero-order valence-electron chi connectivity index (χ0n) is 30.5. The van der Waals surface area contributed by atoms with Gasteiger partial charge in [-0.3, -0.25) is 0 Å². The third kappa shape index (κ3) is 7.89. The normalized spacial score (nSPS) is 11.3. The quantitative estimate of drug-likeness (QED) is 0.128. The van der Waals surface area contributed by atoms with E-state index < -0.39 is 16.3 Å². The first-order chi connectivity index (χ1) is 28.0. The highest BCUT2D eigenvalue weighted by Crippen LogP contribution is 2.70. The number of phenols is 2. The van der Waals surface area contributed by atoms with E-state index in [1.165, 1.54) is 0 Å². The van der Waals surface area contributed by atoms with E-state index in [4.69, 9.17) is 18.4 Å². The van der Waals surface area contributed by atoms with Gasteiger partial charge < -0.3 is 28.6 Å². The van der Waals surface area contributed by atoms with E-state index in [1.54, 1.807) is 54.6 Å². The van der Waals surface area contributed by atoms with Crippen molar-refractivity contribution in [3.05, 3.63) is 212 Å². The number of phenolic OH excluding ortho intramolecular Hbond substituents is 2. The van der Waals surface area contributed by atoms with Crippen LogP contribution in [0.4, 0.5) is 0 Å². The van der Waals surface area contributed by atoms with Crippen LogP contribution in [-0.4, -0.2) is 16.2 Å². The fraction of sp³-hybridized carbons (Fsp3) is 0. The maximum atomic E-state index is 15.5. The van der Waals surface area contributed by atoms with Crippen LogP contribution < -0.4 is 14.2 Å². The molecule has 0 aliphatic heterocycles. The Kier molecular flexibility index (Phi) is 10.6. The molecule has 8 aromatic rings. The third-order valence-electron chi connectivity index (χ3n) is 8.99. The minimum atomic E-state index is -2.90. The molecule has 0 aromatic heterocycles. The van der Waals surface area contributed by atoms with Gasteiger partial charge in [0.05, 0.1) is 5.56 Å². The second-order valence-corrected chi connectivity index (χ2v) is 15.5. The van der Waals surface area contributed by atoms with Crippen LogP contribution >= 0.6 is 10.3 Å². The Morgan fingerprint density at radius 3 is 1.28 bits per heavy atom. The summed E-state index contributed by atoms with van der Waals surface area (Å²) in [5.41, 5.74) is 1.21. The van der Waals surface area contributed by atoms with Gasteiger partial charge in [-0.15, -0.1) is 0 Å². The molecular formula is C49H36O7S. The number of para-hydroxylation sites is 3. The van der Waals surface area contributed by atoms with Gasteiger partial charge in [0.1, 0.15) is 28.7 Å². The Hall–Kier alpha value is -7.42. The van der Waals surface area contributed by atoms with Gasteiger partial charge in [0.2, 0.25) is 5.75 Å². The lowest BCUT2D eigenvalue weighted by Crippen LogP contribution is -2.15. The predicted molar refractivity (Wildman–Crippen MR) is 222 cm³/mol. The minimum absolute atomic E-state index is 0.0583. The summed E-state index contributed by atoms with van der Waals surface area (Å²) in [4.78, 5) is 17.5. The van der Waals surface area contributed by atoms with Crippen molar-refractivity contribution in [1.82, 2.24) is 0 Å². The summed E-state index contributed by atoms with van der Waals surface area (Å²) in [5.74, 6) is 1.63. The molecule has 7 nitrogen and oxygen atoms in total. The number of hydrogen-bond acceptors (Lipinski definition) is 7. The van der Waals surface area contributed by atoms with Crippen LogP contribution in [0, 0.1) is 0 Å². The summed E-state index contributed by atoms with van der Waals surface area (Å²) in [6.45, 7) is 0. The molecule has 0 heterocycles. The number of carbonyl (C=O) groups is 1. The molecule has 0 unspecified atom stereocenters. The molecule has 8 rings (SSSR count). The monoisotopic (exact) mass is 768 g/mol. The van der Waals surface area contributed by atoms with Crippen LogP contribution in [0.3, 0.4) is 0 Å². The smallest absolute Gasteiger partial charge is 0.350 e. The van der Waals surface area contributed by atoms with Gasteiger partial charge in [-0.25, -0.2) is 4.79 Å². The van der Waals surface area contributed by atoms with Crippen molar-refractivity contribution in [1.29, 1.82) is 0 Å². The molecule has 0 spiro atoms. The molecule has 57 heavy (non-hydrogen) atoms. The molecule has 0 fully saturated rings. The molecule has 0 radical (unpaired) electrons. The molecule has 0 aliphatic rings. The molecule has 0 aliphatic carbocycles. The van der Waals surface area contributed by atoms with Crippen LogP contribution in [0.25, 0.3) is 11.1 Å². The van der Waals surface area contributed by atoms with Crippen LogP contribution in [0.15, 0.2) is 221 Å². The molecule has 0 saturated carbocycles. The van der Waals surface area contributed by atoms with E-state index in [9.17, 15) is 10.2 Å². The summed E-state index contributed by atoms with van der Waals surface area (Å²) < 4.78 is 27.1. The van der Waals surface area contributed by atoms with Gasteiger partial charge in [-0.05, 0) is 113 Å². The molecule has 8 heteroatoms. The first-order valence-corrected chi connectivity index (χ1v) is 19.7. The molecule has 0 atom stereocenters. The predicted octanol–water partition coefficient (Wildman–Crippen LogP) is 13.2. The number of carbonyl (C=O) groups excluding carboxylic acids is 1. The molecular weight excluding hydrogens is 733 g/mol. The van der Waals surface area contributed by atoms with Crippen molar-refractivity contribution in [2.45, 2.75) is 14.7 Å². The average Bonchev–Trinajstić information content (AvgIpc) is 3.26. The number of hydrogen-bond donors (Lipinski definition) is 2. The lowest BCUT2D eigenvalue weighted by atomic mass is 9.97. The fourth-order valence-corrected chi connectivity index (χ4v) is 9.37. The van der Waals surface area contributed by atoms with Crippen LogP contribution in [0.5, 0.6) is 46.0 Å². The average molecular weight is 769 g/mol. The lowest BCUT2D eigenvalue weighted by molar-refractivity contribution is 0.0757. The van der Waals surface area contributed by atoms with E-state index in [-0.39, 0.29) is 34.3 Å². The Bertz CT molecular complexity index is 2520. The van der Waals surface area contributed by atoms with E-state index in [2.05, 4.69) is 0 Å². The van der Waals surface area contributed by atoms with Gasteiger partial charge in [-0.1, -0.05) is 103 Å². The molecule has 2 N–H and O–H groups in total. The van der Waals surface area contributed by atoms with Crippen molar-refractivity contribution in [2.75, 3.05) is 0 Å². The topological polar surface area (TPSA) is 94.5 Å². The number of aromatic hydroxyl groups is 2. The highest BCUT2D eigenvalue weighted by molar-refractivity contribution is 8.30. The standard InChI is InChI=1S/C49H36O7S/c50-36-26-30-42(31-27-36)57(41-24-14-5-15-25-41,43-32-28-37(51)29-33-43)56-49(52)44-34-45(53-38-18-8-2-9-19-38)47(54-39-20-10-3-11-21-39)48(55-40-22-12-4-13-23-40)46(44)35-16-6-1-7-17-35/h1-34,50-51H. The maximum absolute atomic E-state index is 15.5. The Morgan fingerprint density at radius 2 is 0.807 bits per heavy atom. The van der Waals surface area contributed by atoms with Crippen LogP contribution in [0.1, 0.15) is 10.4 Å². The number of benzene rings is 8. The maximum Gasteiger partial charge on any atom is 0.350 e.